The van der Waals surface area contributed by atoms with Gasteiger partial charge in [-0.25, -0.2) is 13.1 Å². The van der Waals surface area contributed by atoms with Crippen LogP contribution in [-0.4, -0.2) is 29.7 Å². The lowest BCUT2D eigenvalue weighted by atomic mass is 10.0. The van der Waals surface area contributed by atoms with Crippen molar-refractivity contribution in [3.05, 3.63) is 75.7 Å². The summed E-state index contributed by atoms with van der Waals surface area (Å²) in [6, 6.07) is 13.2. The Hall–Kier alpha value is -3.33. The number of aryl methyl sites for hydroxylation is 1. The van der Waals surface area contributed by atoms with Crippen LogP contribution in [0.3, 0.4) is 0 Å². The van der Waals surface area contributed by atoms with Gasteiger partial charge in [-0.2, -0.15) is 0 Å². The van der Waals surface area contributed by atoms with Crippen LogP contribution in [0.1, 0.15) is 42.4 Å². The van der Waals surface area contributed by atoms with Crippen LogP contribution in [0.15, 0.2) is 58.2 Å². The van der Waals surface area contributed by atoms with Gasteiger partial charge in [0.1, 0.15) is 5.69 Å². The Kier molecular flexibility index (Phi) is 6.83. The molecule has 0 aliphatic carbocycles. The number of para-hydroxylation sites is 1. The summed E-state index contributed by atoms with van der Waals surface area (Å²) >= 11 is 0. The van der Waals surface area contributed by atoms with Gasteiger partial charge in [0, 0.05) is 18.7 Å². The molecule has 1 unspecified atom stereocenters. The minimum Gasteiger partial charge on any atom is -0.349 e. The fourth-order valence-corrected chi connectivity index (χ4v) is 4.49. The largest absolute Gasteiger partial charge is 0.349 e. The summed E-state index contributed by atoms with van der Waals surface area (Å²) in [6.07, 6.45) is 0. The van der Waals surface area contributed by atoms with Crippen LogP contribution in [0.25, 0.3) is 5.69 Å². The zero-order chi connectivity index (χ0) is 24.5. The third-order valence-corrected chi connectivity index (χ3v) is 7.26. The Morgan fingerprint density at radius 2 is 1.64 bits per heavy atom. The number of nitrogens with zero attached hydrogens (tertiary/aromatic N) is 2. The normalized spacial score (nSPS) is 12.6. The predicted molar refractivity (Wildman–Crippen MR) is 130 cm³/mol. The number of rotatable bonds is 7. The number of hydrogen-bond acceptors (Lipinski definition) is 4. The molecule has 0 saturated heterocycles. The molecule has 0 fully saturated rings. The Labute approximate surface area is 194 Å². The minimum absolute atomic E-state index is 0.0404. The summed E-state index contributed by atoms with van der Waals surface area (Å²) in [7, 11) is -2.43. The lowest BCUT2D eigenvalue weighted by Gasteiger charge is -2.18. The van der Waals surface area contributed by atoms with E-state index in [2.05, 4.69) is 10.0 Å². The van der Waals surface area contributed by atoms with Gasteiger partial charge in [-0.1, -0.05) is 38.1 Å². The molecule has 0 aliphatic rings. The van der Waals surface area contributed by atoms with Gasteiger partial charge >= 0.3 is 0 Å². The van der Waals surface area contributed by atoms with Crippen LogP contribution in [0.2, 0.25) is 0 Å². The average Bonchev–Trinajstić information content (AvgIpc) is 2.97. The van der Waals surface area contributed by atoms with Crippen molar-refractivity contribution in [3.63, 3.8) is 0 Å². The fourth-order valence-electron chi connectivity index (χ4n) is 3.34. The summed E-state index contributed by atoms with van der Waals surface area (Å²) in [5, 5.41) is 2.90. The van der Waals surface area contributed by atoms with Crippen molar-refractivity contribution in [3.8, 4) is 5.69 Å². The van der Waals surface area contributed by atoms with Crippen LogP contribution in [0.5, 0.6) is 0 Å². The first-order chi connectivity index (χ1) is 15.4. The second-order valence-electron chi connectivity index (χ2n) is 8.52. The number of nitrogens with one attached hydrogen (secondary N) is 2. The molecule has 0 spiro atoms. The maximum Gasteiger partial charge on any atom is 0.296 e. The summed E-state index contributed by atoms with van der Waals surface area (Å²) in [4.78, 5) is 25.7. The van der Waals surface area contributed by atoms with Crippen LogP contribution >= 0.6 is 0 Å². The number of hydrogen-bond donors (Lipinski definition) is 2. The fraction of sp³-hybridized carbons (Fsp3) is 0.333. The number of anilines is 1. The molecule has 9 heteroatoms. The molecule has 0 aliphatic heterocycles. The molecule has 1 heterocycles. The van der Waals surface area contributed by atoms with Gasteiger partial charge < -0.3 is 5.32 Å². The maximum atomic E-state index is 13.2. The number of sulfonamides is 1. The van der Waals surface area contributed by atoms with E-state index in [0.29, 0.717) is 16.9 Å². The SMILES string of the molecule is Cc1ccc(S(=O)(=O)Nc2c(C)n(C)n(-c3ccccc3)c2=O)cc1C(=O)NC(C)C(C)C. The highest BCUT2D eigenvalue weighted by molar-refractivity contribution is 7.92. The van der Waals surface area contributed by atoms with Crippen molar-refractivity contribution in [1.82, 2.24) is 14.7 Å². The Morgan fingerprint density at radius 3 is 2.24 bits per heavy atom. The van der Waals surface area contributed by atoms with Crippen LogP contribution < -0.4 is 15.6 Å². The zero-order valence-electron chi connectivity index (χ0n) is 19.7. The first kappa shape index (κ1) is 24.3. The van der Waals surface area contributed by atoms with Gasteiger partial charge in [0.25, 0.3) is 21.5 Å². The van der Waals surface area contributed by atoms with Crippen molar-refractivity contribution in [2.45, 2.75) is 45.6 Å². The van der Waals surface area contributed by atoms with Gasteiger partial charge in [-0.15, -0.1) is 0 Å². The smallest absolute Gasteiger partial charge is 0.296 e. The lowest BCUT2D eigenvalue weighted by molar-refractivity contribution is 0.0929. The second kappa shape index (κ2) is 9.27. The number of aromatic nitrogens is 2. The van der Waals surface area contributed by atoms with Gasteiger partial charge in [-0.3, -0.25) is 19.0 Å². The number of carbonyl (C=O) groups excluding carboxylic acids is 1. The van der Waals surface area contributed by atoms with E-state index in [-0.39, 0.29) is 34.0 Å². The monoisotopic (exact) mass is 470 g/mol. The summed E-state index contributed by atoms with van der Waals surface area (Å²) < 4.78 is 31.8. The molecule has 33 heavy (non-hydrogen) atoms. The van der Waals surface area contributed by atoms with E-state index in [1.165, 1.54) is 16.8 Å². The molecule has 8 nitrogen and oxygen atoms in total. The van der Waals surface area contributed by atoms with E-state index >= 15 is 0 Å². The van der Waals surface area contributed by atoms with Crippen molar-refractivity contribution in [1.29, 1.82) is 0 Å². The Bertz CT molecular complexity index is 1340. The molecule has 176 valence electrons. The Balaban J connectivity index is 1.98. The van der Waals surface area contributed by atoms with Gasteiger partial charge in [-0.05, 0) is 56.5 Å². The van der Waals surface area contributed by atoms with Crippen molar-refractivity contribution < 1.29 is 13.2 Å². The standard InChI is InChI=1S/C24H30N4O4S/c1-15(2)17(4)25-23(29)21-14-20(13-12-16(21)3)33(31,32)26-22-18(5)27(6)28(24(22)30)19-10-8-7-9-11-19/h7-15,17,26H,1-6H3,(H,25,29). The molecular formula is C24H30N4O4S. The second-order valence-corrected chi connectivity index (χ2v) is 10.2. The lowest BCUT2D eigenvalue weighted by Crippen LogP contribution is -2.36. The molecule has 1 atom stereocenters. The average molecular weight is 471 g/mol. The van der Waals surface area contributed by atoms with Crippen LogP contribution in [-0.2, 0) is 17.1 Å². The number of benzene rings is 2. The van der Waals surface area contributed by atoms with Crippen molar-refractivity contribution >= 4 is 21.6 Å². The molecular weight excluding hydrogens is 440 g/mol. The third-order valence-electron chi connectivity index (χ3n) is 5.91. The first-order valence-electron chi connectivity index (χ1n) is 10.7. The topological polar surface area (TPSA) is 102 Å². The van der Waals surface area contributed by atoms with Crippen LogP contribution in [0, 0.1) is 19.8 Å². The molecule has 0 bridgehead atoms. The summed E-state index contributed by atoms with van der Waals surface area (Å²) in [5.41, 5.74) is 1.49. The summed E-state index contributed by atoms with van der Waals surface area (Å²) in [5.74, 6) is -0.108. The molecule has 3 rings (SSSR count). The highest BCUT2D eigenvalue weighted by atomic mass is 32.2. The van der Waals surface area contributed by atoms with Crippen LogP contribution in [0.4, 0.5) is 5.69 Å². The minimum atomic E-state index is -4.12. The molecule has 2 aromatic carbocycles. The third kappa shape index (κ3) is 4.88. The molecule has 1 aromatic heterocycles. The van der Waals surface area contributed by atoms with E-state index in [1.54, 1.807) is 55.9 Å². The molecule has 0 radical (unpaired) electrons. The molecule has 3 aromatic rings. The van der Waals surface area contributed by atoms with E-state index < -0.39 is 15.6 Å². The van der Waals surface area contributed by atoms with Crippen molar-refractivity contribution in [2.75, 3.05) is 4.72 Å². The molecule has 1 amide bonds. The summed E-state index contributed by atoms with van der Waals surface area (Å²) in [6.45, 7) is 9.30. The predicted octanol–water partition coefficient (Wildman–Crippen LogP) is 3.37. The van der Waals surface area contributed by atoms with E-state index in [4.69, 9.17) is 0 Å². The quantitative estimate of drug-likeness (QED) is 0.553. The number of carbonyl (C=O) groups is 1. The zero-order valence-corrected chi connectivity index (χ0v) is 20.5. The highest BCUT2D eigenvalue weighted by Crippen LogP contribution is 2.21. The van der Waals surface area contributed by atoms with Gasteiger partial charge in [0.05, 0.1) is 16.3 Å². The van der Waals surface area contributed by atoms with Crippen molar-refractivity contribution in [2.24, 2.45) is 13.0 Å². The highest BCUT2D eigenvalue weighted by Gasteiger charge is 2.24. The number of amides is 1. The molecule has 0 saturated carbocycles. The van der Waals surface area contributed by atoms with Gasteiger partial charge in [0.15, 0.2) is 0 Å². The Morgan fingerprint density at radius 1 is 1.00 bits per heavy atom. The van der Waals surface area contributed by atoms with E-state index in [0.717, 1.165) is 0 Å². The van der Waals surface area contributed by atoms with Gasteiger partial charge in [0.2, 0.25) is 0 Å². The van der Waals surface area contributed by atoms with E-state index in [1.807, 2.05) is 26.8 Å². The first-order valence-corrected chi connectivity index (χ1v) is 12.2. The molecule has 2 N–H and O–H groups in total. The maximum absolute atomic E-state index is 13.2. The van der Waals surface area contributed by atoms with E-state index in [9.17, 15) is 18.0 Å².